The van der Waals surface area contributed by atoms with Crippen LogP contribution in [0.25, 0.3) is 0 Å². The minimum absolute atomic E-state index is 0.242. The number of pyridine rings is 1. The Bertz CT molecular complexity index is 561. The summed E-state index contributed by atoms with van der Waals surface area (Å²) >= 11 is 0. The number of hydrogen-bond acceptors (Lipinski definition) is 6. The topological polar surface area (TPSA) is 83.7 Å². The highest BCUT2D eigenvalue weighted by Gasteiger charge is 2.04. The van der Waals surface area contributed by atoms with E-state index in [0.29, 0.717) is 18.3 Å². The molecule has 6 heteroatoms. The lowest BCUT2D eigenvalue weighted by Crippen LogP contribution is -1.99. The first-order chi connectivity index (χ1) is 8.83. The van der Waals surface area contributed by atoms with Gasteiger partial charge in [0, 0.05) is 18.5 Å². The number of aromatic nitrogens is 3. The lowest BCUT2D eigenvalue weighted by Gasteiger charge is -2.06. The van der Waals surface area contributed by atoms with Crippen LogP contribution >= 0.6 is 0 Å². The maximum Gasteiger partial charge on any atom is 0.213 e. The molecule has 0 aliphatic heterocycles. The van der Waals surface area contributed by atoms with Gasteiger partial charge < -0.3 is 10.1 Å². The molecule has 0 aromatic carbocycles. The Morgan fingerprint density at radius 1 is 1.28 bits per heavy atom. The molecule has 90 valence electrons. The van der Waals surface area contributed by atoms with Gasteiger partial charge in [0.25, 0.3) is 0 Å². The molecule has 0 fully saturated rings. The standard InChI is InChI=1S/C12H11N5O/c1-2-18-11-4-3-9(8-16-11)17-12-10(7-13)14-5-6-15-12/h3-6,8H,2H2,1H3,(H,15,17). The Morgan fingerprint density at radius 2 is 2.11 bits per heavy atom. The molecule has 2 aromatic heterocycles. The molecule has 0 radical (unpaired) electrons. The summed E-state index contributed by atoms with van der Waals surface area (Å²) in [6, 6.07) is 5.51. The van der Waals surface area contributed by atoms with Crippen LogP contribution in [0.15, 0.2) is 30.7 Å². The second-order valence-corrected chi connectivity index (χ2v) is 3.31. The van der Waals surface area contributed by atoms with Gasteiger partial charge in [-0.2, -0.15) is 5.26 Å². The van der Waals surface area contributed by atoms with Gasteiger partial charge in [0.05, 0.1) is 18.5 Å². The monoisotopic (exact) mass is 241 g/mol. The fourth-order valence-electron chi connectivity index (χ4n) is 1.34. The Labute approximate surface area is 104 Å². The number of anilines is 2. The van der Waals surface area contributed by atoms with Gasteiger partial charge in [-0.3, -0.25) is 0 Å². The first-order valence-electron chi connectivity index (χ1n) is 5.40. The molecule has 2 heterocycles. The van der Waals surface area contributed by atoms with Gasteiger partial charge in [0.15, 0.2) is 11.5 Å². The molecule has 1 N–H and O–H groups in total. The summed E-state index contributed by atoms with van der Waals surface area (Å²) in [6.07, 6.45) is 4.60. The predicted molar refractivity (Wildman–Crippen MR) is 65.4 cm³/mol. The number of hydrogen-bond donors (Lipinski definition) is 1. The van der Waals surface area contributed by atoms with Crippen molar-refractivity contribution in [1.82, 2.24) is 15.0 Å². The smallest absolute Gasteiger partial charge is 0.213 e. The zero-order chi connectivity index (χ0) is 12.8. The maximum absolute atomic E-state index is 8.88. The summed E-state index contributed by atoms with van der Waals surface area (Å²) in [4.78, 5) is 12.1. The van der Waals surface area contributed by atoms with Crippen molar-refractivity contribution in [2.24, 2.45) is 0 Å². The molecule has 0 saturated carbocycles. The maximum atomic E-state index is 8.88. The van der Waals surface area contributed by atoms with Crippen LogP contribution in [-0.2, 0) is 0 Å². The van der Waals surface area contributed by atoms with E-state index in [1.54, 1.807) is 18.3 Å². The van der Waals surface area contributed by atoms with E-state index >= 15 is 0 Å². The average Bonchev–Trinajstić information content (AvgIpc) is 2.42. The third-order valence-corrected chi connectivity index (χ3v) is 2.10. The summed E-state index contributed by atoms with van der Waals surface area (Å²) < 4.78 is 5.24. The molecule has 2 aromatic rings. The van der Waals surface area contributed by atoms with Gasteiger partial charge in [-0.05, 0) is 13.0 Å². The Morgan fingerprint density at radius 3 is 2.78 bits per heavy atom. The van der Waals surface area contributed by atoms with E-state index in [2.05, 4.69) is 20.3 Å². The van der Waals surface area contributed by atoms with Gasteiger partial charge in [0.2, 0.25) is 5.88 Å². The number of nitrogens with one attached hydrogen (secondary N) is 1. The summed E-state index contributed by atoms with van der Waals surface area (Å²) in [5.41, 5.74) is 0.960. The third-order valence-electron chi connectivity index (χ3n) is 2.10. The normalized spacial score (nSPS) is 9.56. The average molecular weight is 241 g/mol. The first kappa shape index (κ1) is 11.8. The van der Waals surface area contributed by atoms with E-state index < -0.39 is 0 Å². The van der Waals surface area contributed by atoms with Crippen LogP contribution in [0.1, 0.15) is 12.6 Å². The van der Waals surface area contributed by atoms with Crippen LogP contribution in [0, 0.1) is 11.3 Å². The molecule has 0 amide bonds. The Hall–Kier alpha value is -2.68. The van der Waals surface area contributed by atoms with Crippen molar-refractivity contribution in [3.8, 4) is 11.9 Å². The van der Waals surface area contributed by atoms with E-state index in [1.807, 2.05) is 13.0 Å². The summed E-state index contributed by atoms with van der Waals surface area (Å²) in [5.74, 6) is 0.966. The number of nitriles is 1. The van der Waals surface area contributed by atoms with Crippen LogP contribution in [0.5, 0.6) is 5.88 Å². The number of rotatable bonds is 4. The van der Waals surface area contributed by atoms with Crippen molar-refractivity contribution in [1.29, 1.82) is 5.26 Å². The summed E-state index contributed by atoms with van der Waals surface area (Å²) in [7, 11) is 0. The molecular weight excluding hydrogens is 230 g/mol. The van der Waals surface area contributed by atoms with Gasteiger partial charge in [-0.1, -0.05) is 0 Å². The van der Waals surface area contributed by atoms with Crippen LogP contribution < -0.4 is 10.1 Å². The molecule has 6 nitrogen and oxygen atoms in total. The van der Waals surface area contributed by atoms with E-state index in [9.17, 15) is 0 Å². The minimum Gasteiger partial charge on any atom is -0.478 e. The molecule has 0 aliphatic rings. The predicted octanol–water partition coefficient (Wildman–Crippen LogP) is 1.89. The van der Waals surface area contributed by atoms with Gasteiger partial charge in [0.1, 0.15) is 6.07 Å². The zero-order valence-corrected chi connectivity index (χ0v) is 9.79. The molecule has 0 atom stereocenters. The largest absolute Gasteiger partial charge is 0.478 e. The van der Waals surface area contributed by atoms with Gasteiger partial charge in [-0.25, -0.2) is 15.0 Å². The molecule has 0 bridgehead atoms. The zero-order valence-electron chi connectivity index (χ0n) is 9.79. The fourth-order valence-corrected chi connectivity index (χ4v) is 1.34. The van der Waals surface area contributed by atoms with Crippen molar-refractivity contribution >= 4 is 11.5 Å². The second-order valence-electron chi connectivity index (χ2n) is 3.31. The lowest BCUT2D eigenvalue weighted by molar-refractivity contribution is 0.327. The minimum atomic E-state index is 0.242. The SMILES string of the molecule is CCOc1ccc(Nc2nccnc2C#N)cn1. The van der Waals surface area contributed by atoms with Crippen LogP contribution in [-0.4, -0.2) is 21.6 Å². The van der Waals surface area contributed by atoms with E-state index in [0.717, 1.165) is 5.69 Å². The number of nitrogens with zero attached hydrogens (tertiary/aromatic N) is 4. The molecular formula is C12H11N5O. The quantitative estimate of drug-likeness (QED) is 0.879. The van der Waals surface area contributed by atoms with E-state index in [1.165, 1.54) is 12.4 Å². The van der Waals surface area contributed by atoms with Crippen molar-refractivity contribution in [2.75, 3.05) is 11.9 Å². The van der Waals surface area contributed by atoms with Crippen molar-refractivity contribution < 1.29 is 4.74 Å². The third kappa shape index (κ3) is 2.71. The van der Waals surface area contributed by atoms with E-state index in [-0.39, 0.29) is 5.69 Å². The first-order valence-corrected chi connectivity index (χ1v) is 5.40. The highest BCUT2D eigenvalue weighted by Crippen LogP contribution is 2.17. The number of ether oxygens (including phenoxy) is 1. The van der Waals surface area contributed by atoms with Crippen molar-refractivity contribution in [3.63, 3.8) is 0 Å². The van der Waals surface area contributed by atoms with Crippen molar-refractivity contribution in [3.05, 3.63) is 36.4 Å². The van der Waals surface area contributed by atoms with Crippen LogP contribution in [0.2, 0.25) is 0 Å². The fraction of sp³-hybridized carbons (Fsp3) is 0.167. The summed E-state index contributed by atoms with van der Waals surface area (Å²) in [5, 5.41) is 11.9. The van der Waals surface area contributed by atoms with E-state index in [4.69, 9.17) is 10.00 Å². The molecule has 0 spiro atoms. The Kier molecular flexibility index (Phi) is 3.66. The van der Waals surface area contributed by atoms with Crippen molar-refractivity contribution in [2.45, 2.75) is 6.92 Å². The molecule has 0 unspecified atom stereocenters. The molecule has 0 saturated heterocycles. The highest BCUT2D eigenvalue weighted by molar-refractivity contribution is 5.59. The summed E-state index contributed by atoms with van der Waals surface area (Å²) in [6.45, 7) is 2.47. The second kappa shape index (κ2) is 5.59. The van der Waals surface area contributed by atoms with Crippen LogP contribution in [0.4, 0.5) is 11.5 Å². The highest BCUT2D eigenvalue weighted by atomic mass is 16.5. The lowest BCUT2D eigenvalue weighted by atomic mass is 10.3. The molecule has 0 aliphatic carbocycles. The van der Waals surface area contributed by atoms with Crippen LogP contribution in [0.3, 0.4) is 0 Å². The van der Waals surface area contributed by atoms with Gasteiger partial charge >= 0.3 is 0 Å². The Balaban J connectivity index is 2.16. The molecule has 18 heavy (non-hydrogen) atoms. The van der Waals surface area contributed by atoms with Gasteiger partial charge in [-0.15, -0.1) is 0 Å². The molecule has 2 rings (SSSR count).